The van der Waals surface area contributed by atoms with E-state index in [2.05, 4.69) is 14.9 Å². The number of methoxy groups -OCH3 is 1. The van der Waals surface area contributed by atoms with Crippen LogP contribution in [0.3, 0.4) is 0 Å². The Labute approximate surface area is 194 Å². The van der Waals surface area contributed by atoms with Crippen molar-refractivity contribution in [1.29, 1.82) is 0 Å². The summed E-state index contributed by atoms with van der Waals surface area (Å²) in [5.41, 5.74) is 5.28. The number of hydrogen-bond acceptors (Lipinski definition) is 5. The normalized spacial score (nSPS) is 12.9. The molecule has 0 aromatic heterocycles. The van der Waals surface area contributed by atoms with Gasteiger partial charge in [0, 0.05) is 30.5 Å². The Morgan fingerprint density at radius 2 is 1.76 bits per heavy atom. The van der Waals surface area contributed by atoms with Crippen LogP contribution in [0.25, 0.3) is 0 Å². The van der Waals surface area contributed by atoms with Crippen LogP contribution in [0, 0.1) is 13.8 Å². The van der Waals surface area contributed by atoms with E-state index in [0.717, 1.165) is 35.3 Å². The molecule has 3 aromatic rings. The van der Waals surface area contributed by atoms with E-state index in [-0.39, 0.29) is 16.6 Å². The summed E-state index contributed by atoms with van der Waals surface area (Å²) in [6.45, 7) is 4.60. The van der Waals surface area contributed by atoms with Crippen LogP contribution in [0.2, 0.25) is 0 Å². The van der Waals surface area contributed by atoms with E-state index < -0.39 is 10.0 Å². The van der Waals surface area contributed by atoms with E-state index in [1.807, 2.05) is 51.2 Å². The standard InChI is InChI=1S/C25H27N3O4S/c1-16-6-5-7-17(2)24(16)27-33(30,31)23-15-20(9-11-22(23)32-4)26-25(29)19-8-10-21-18(14-19)12-13-28(21)3/h5-11,14-15,27H,12-13H2,1-4H3,(H,26,29). The first-order valence-corrected chi connectivity index (χ1v) is 12.1. The Morgan fingerprint density at radius 3 is 2.45 bits per heavy atom. The number of fused-ring (bicyclic) bond motifs is 1. The van der Waals surface area contributed by atoms with Gasteiger partial charge in [0.25, 0.3) is 15.9 Å². The van der Waals surface area contributed by atoms with Crippen molar-refractivity contribution in [2.75, 3.05) is 35.6 Å². The second-order valence-electron chi connectivity index (χ2n) is 8.21. The lowest BCUT2D eigenvalue weighted by atomic mass is 10.1. The van der Waals surface area contributed by atoms with Crippen LogP contribution in [0.15, 0.2) is 59.5 Å². The lowest BCUT2D eigenvalue weighted by Crippen LogP contribution is -2.17. The van der Waals surface area contributed by atoms with Gasteiger partial charge in [-0.15, -0.1) is 0 Å². The van der Waals surface area contributed by atoms with Gasteiger partial charge >= 0.3 is 0 Å². The van der Waals surface area contributed by atoms with Crippen molar-refractivity contribution < 1.29 is 17.9 Å². The van der Waals surface area contributed by atoms with Gasteiger partial charge in [-0.1, -0.05) is 18.2 Å². The lowest BCUT2D eigenvalue weighted by molar-refractivity contribution is 0.102. The maximum atomic E-state index is 13.2. The zero-order chi connectivity index (χ0) is 23.8. The lowest BCUT2D eigenvalue weighted by Gasteiger charge is -2.16. The molecule has 4 rings (SSSR count). The number of rotatable bonds is 6. The van der Waals surface area contributed by atoms with Crippen molar-refractivity contribution in [3.63, 3.8) is 0 Å². The second kappa shape index (κ2) is 8.78. The second-order valence-corrected chi connectivity index (χ2v) is 9.86. The van der Waals surface area contributed by atoms with Crippen molar-refractivity contribution in [2.45, 2.75) is 25.2 Å². The first-order chi connectivity index (χ1) is 15.7. The van der Waals surface area contributed by atoms with Gasteiger partial charge in [-0.2, -0.15) is 0 Å². The van der Waals surface area contributed by atoms with Gasteiger partial charge in [0.05, 0.1) is 12.8 Å². The summed E-state index contributed by atoms with van der Waals surface area (Å²) in [7, 11) is -0.535. The molecule has 0 bridgehead atoms. The number of anilines is 3. The fourth-order valence-electron chi connectivity index (χ4n) is 4.04. The summed E-state index contributed by atoms with van der Waals surface area (Å²) < 4.78 is 34.5. The van der Waals surface area contributed by atoms with Gasteiger partial charge in [-0.25, -0.2) is 8.42 Å². The number of carbonyl (C=O) groups is 1. The minimum absolute atomic E-state index is 0.0546. The molecule has 1 aliphatic rings. The molecule has 0 saturated heterocycles. The average Bonchev–Trinajstić information content (AvgIpc) is 3.16. The molecule has 3 aromatic carbocycles. The van der Waals surface area contributed by atoms with Crippen LogP contribution >= 0.6 is 0 Å². The van der Waals surface area contributed by atoms with E-state index in [9.17, 15) is 13.2 Å². The number of sulfonamides is 1. The van der Waals surface area contributed by atoms with Crippen LogP contribution in [0.1, 0.15) is 27.0 Å². The van der Waals surface area contributed by atoms with E-state index in [1.54, 1.807) is 12.1 Å². The summed E-state index contributed by atoms with van der Waals surface area (Å²) in [4.78, 5) is 15.0. The Kier molecular flexibility index (Phi) is 6.03. The number of likely N-dealkylation sites (N-methyl/N-ethyl adjacent to an activating group) is 1. The summed E-state index contributed by atoms with van der Waals surface area (Å²) in [6, 6.07) is 15.7. The zero-order valence-electron chi connectivity index (χ0n) is 19.1. The van der Waals surface area contributed by atoms with Crippen LogP contribution in [0.4, 0.5) is 17.1 Å². The maximum Gasteiger partial charge on any atom is 0.265 e. The topological polar surface area (TPSA) is 87.7 Å². The number of para-hydroxylation sites is 1. The molecule has 0 fully saturated rings. The molecule has 2 N–H and O–H groups in total. The van der Waals surface area contributed by atoms with Gasteiger partial charge in [-0.05, 0) is 73.4 Å². The Bertz CT molecular complexity index is 1320. The van der Waals surface area contributed by atoms with Crippen LogP contribution in [0.5, 0.6) is 5.75 Å². The van der Waals surface area contributed by atoms with Gasteiger partial charge in [0.2, 0.25) is 0 Å². The Hall–Kier alpha value is -3.52. The van der Waals surface area contributed by atoms with Crippen molar-refractivity contribution in [2.24, 2.45) is 0 Å². The Balaban J connectivity index is 1.62. The number of nitrogens with one attached hydrogen (secondary N) is 2. The summed E-state index contributed by atoms with van der Waals surface area (Å²) in [6.07, 6.45) is 0.891. The van der Waals surface area contributed by atoms with Gasteiger partial charge in [-0.3, -0.25) is 9.52 Å². The molecular formula is C25H27N3O4S. The fourth-order valence-corrected chi connectivity index (χ4v) is 5.44. The molecule has 8 heteroatoms. The molecular weight excluding hydrogens is 438 g/mol. The minimum atomic E-state index is -3.97. The number of hydrogen-bond donors (Lipinski definition) is 2. The smallest absolute Gasteiger partial charge is 0.265 e. The third-order valence-corrected chi connectivity index (χ3v) is 7.27. The fraction of sp³-hybridized carbons (Fsp3) is 0.240. The average molecular weight is 466 g/mol. The molecule has 1 aliphatic heterocycles. The number of nitrogens with zero attached hydrogens (tertiary/aromatic N) is 1. The first-order valence-electron chi connectivity index (χ1n) is 10.6. The van der Waals surface area contributed by atoms with E-state index in [4.69, 9.17) is 4.74 Å². The molecule has 0 saturated carbocycles. The molecule has 1 heterocycles. The van der Waals surface area contributed by atoms with E-state index >= 15 is 0 Å². The molecule has 0 atom stereocenters. The van der Waals surface area contributed by atoms with Crippen molar-refractivity contribution in [3.8, 4) is 5.75 Å². The molecule has 172 valence electrons. The minimum Gasteiger partial charge on any atom is -0.495 e. The molecule has 0 unspecified atom stereocenters. The molecule has 0 spiro atoms. The first kappa shape index (κ1) is 22.7. The third-order valence-electron chi connectivity index (χ3n) is 5.90. The molecule has 1 amide bonds. The van der Waals surface area contributed by atoms with Gasteiger partial charge in [0.15, 0.2) is 0 Å². The van der Waals surface area contributed by atoms with Crippen molar-refractivity contribution in [1.82, 2.24) is 0 Å². The summed E-state index contributed by atoms with van der Waals surface area (Å²) in [5.74, 6) is -0.115. The molecule has 0 aliphatic carbocycles. The highest BCUT2D eigenvalue weighted by atomic mass is 32.2. The zero-order valence-corrected chi connectivity index (χ0v) is 19.9. The number of ether oxygens (including phenoxy) is 1. The van der Waals surface area contributed by atoms with Crippen molar-refractivity contribution >= 4 is 33.0 Å². The van der Waals surface area contributed by atoms with E-state index in [1.165, 1.54) is 19.2 Å². The van der Waals surface area contributed by atoms with Crippen molar-refractivity contribution in [3.05, 3.63) is 76.9 Å². The highest BCUT2D eigenvalue weighted by Crippen LogP contribution is 2.31. The number of aryl methyl sites for hydroxylation is 2. The number of benzene rings is 3. The number of amides is 1. The van der Waals surface area contributed by atoms with Gasteiger partial charge < -0.3 is 15.0 Å². The summed E-state index contributed by atoms with van der Waals surface area (Å²) in [5, 5.41) is 2.81. The number of carbonyl (C=O) groups excluding carboxylic acids is 1. The predicted octanol–water partition coefficient (Wildman–Crippen LogP) is 4.36. The van der Waals surface area contributed by atoms with Gasteiger partial charge in [0.1, 0.15) is 10.6 Å². The highest BCUT2D eigenvalue weighted by Gasteiger charge is 2.23. The largest absolute Gasteiger partial charge is 0.495 e. The quantitative estimate of drug-likeness (QED) is 0.565. The van der Waals surface area contributed by atoms with E-state index in [0.29, 0.717) is 16.9 Å². The van der Waals surface area contributed by atoms with Crippen LogP contribution in [-0.2, 0) is 16.4 Å². The third kappa shape index (κ3) is 4.52. The summed E-state index contributed by atoms with van der Waals surface area (Å²) >= 11 is 0. The SMILES string of the molecule is COc1ccc(NC(=O)c2ccc3c(c2)CCN3C)cc1S(=O)(=O)Nc1c(C)cccc1C. The predicted molar refractivity (Wildman–Crippen MR) is 131 cm³/mol. The monoisotopic (exact) mass is 465 g/mol. The molecule has 0 radical (unpaired) electrons. The van der Waals surface area contributed by atoms with Crippen LogP contribution < -0.4 is 19.7 Å². The maximum absolute atomic E-state index is 13.2. The molecule has 33 heavy (non-hydrogen) atoms. The van der Waals surface area contributed by atoms with Crippen LogP contribution in [-0.4, -0.2) is 35.0 Å². The highest BCUT2D eigenvalue weighted by molar-refractivity contribution is 7.92. The Morgan fingerprint density at radius 1 is 1.03 bits per heavy atom. The molecule has 7 nitrogen and oxygen atoms in total.